The van der Waals surface area contributed by atoms with Gasteiger partial charge in [0.15, 0.2) is 0 Å². The van der Waals surface area contributed by atoms with Crippen molar-refractivity contribution in [2.24, 2.45) is 11.0 Å². The first-order valence-corrected chi connectivity index (χ1v) is 5.02. The lowest BCUT2D eigenvalue weighted by molar-refractivity contribution is -0.117. The van der Waals surface area contributed by atoms with Gasteiger partial charge in [-0.1, -0.05) is 5.11 Å². The van der Waals surface area contributed by atoms with E-state index in [1.807, 2.05) is 6.07 Å². The minimum atomic E-state index is 0.0612. The Balaban J connectivity index is 2.08. The Bertz CT molecular complexity index is 426. The molecule has 1 saturated heterocycles. The van der Waals surface area contributed by atoms with Gasteiger partial charge in [0.05, 0.1) is 11.9 Å². The van der Waals surface area contributed by atoms with Gasteiger partial charge in [-0.2, -0.15) is 0 Å². The van der Waals surface area contributed by atoms with Crippen molar-refractivity contribution in [1.29, 1.82) is 0 Å². The van der Waals surface area contributed by atoms with Crippen molar-refractivity contribution >= 4 is 11.6 Å². The molecule has 6 heteroatoms. The van der Waals surface area contributed by atoms with Crippen LogP contribution >= 0.6 is 0 Å². The monoisotopic (exact) mass is 217 g/mol. The summed E-state index contributed by atoms with van der Waals surface area (Å²) in [6.07, 6.45) is 3.77. The molecule has 0 aromatic carbocycles. The maximum atomic E-state index is 11.7. The number of carbonyl (C=O) groups is 1. The number of nitrogens with zero attached hydrogens (tertiary/aromatic N) is 5. The summed E-state index contributed by atoms with van der Waals surface area (Å²) >= 11 is 0. The van der Waals surface area contributed by atoms with E-state index in [1.165, 1.54) is 0 Å². The molecule has 1 aromatic heterocycles. The van der Waals surface area contributed by atoms with E-state index < -0.39 is 0 Å². The molecule has 16 heavy (non-hydrogen) atoms. The van der Waals surface area contributed by atoms with Crippen LogP contribution in [0.1, 0.15) is 6.42 Å². The maximum absolute atomic E-state index is 11.7. The summed E-state index contributed by atoms with van der Waals surface area (Å²) in [6, 6.07) is 3.64. The largest absolute Gasteiger partial charge is 0.311 e. The fourth-order valence-electron chi connectivity index (χ4n) is 1.82. The van der Waals surface area contributed by atoms with Gasteiger partial charge in [0.2, 0.25) is 5.91 Å². The molecule has 0 spiro atoms. The summed E-state index contributed by atoms with van der Waals surface area (Å²) in [5.74, 6) is 0.176. The second kappa shape index (κ2) is 4.63. The number of anilines is 1. The average Bonchev–Trinajstić information content (AvgIpc) is 2.69. The molecule has 0 aliphatic carbocycles. The van der Waals surface area contributed by atoms with Crippen molar-refractivity contribution in [3.8, 4) is 0 Å². The number of pyridine rings is 1. The van der Waals surface area contributed by atoms with E-state index in [4.69, 9.17) is 5.53 Å². The molecule has 6 nitrogen and oxygen atoms in total. The fraction of sp³-hybridized carbons (Fsp3) is 0.400. The number of rotatable bonds is 3. The minimum absolute atomic E-state index is 0.0612. The normalized spacial score (nSPS) is 19.6. The third-order valence-corrected chi connectivity index (χ3v) is 2.57. The lowest BCUT2D eigenvalue weighted by atomic mass is 10.1. The van der Waals surface area contributed by atoms with Crippen molar-refractivity contribution in [2.75, 3.05) is 18.0 Å². The van der Waals surface area contributed by atoms with Crippen molar-refractivity contribution in [3.05, 3.63) is 35.0 Å². The lowest BCUT2D eigenvalue weighted by Crippen LogP contribution is -2.24. The summed E-state index contributed by atoms with van der Waals surface area (Å²) in [7, 11) is 0. The zero-order valence-electron chi connectivity index (χ0n) is 8.65. The van der Waals surface area contributed by atoms with Crippen LogP contribution in [0.3, 0.4) is 0 Å². The van der Waals surface area contributed by atoms with E-state index in [1.54, 1.807) is 23.4 Å². The summed E-state index contributed by atoms with van der Waals surface area (Å²) < 4.78 is 0. The molecule has 2 rings (SSSR count). The highest BCUT2D eigenvalue weighted by molar-refractivity contribution is 5.95. The van der Waals surface area contributed by atoms with E-state index in [9.17, 15) is 4.79 Å². The second-order valence-electron chi connectivity index (χ2n) is 3.70. The highest BCUT2D eigenvalue weighted by atomic mass is 16.2. The molecule has 1 atom stereocenters. The zero-order valence-corrected chi connectivity index (χ0v) is 8.65. The van der Waals surface area contributed by atoms with E-state index in [0.29, 0.717) is 19.5 Å². The Morgan fingerprint density at radius 2 is 2.56 bits per heavy atom. The quantitative estimate of drug-likeness (QED) is 0.439. The van der Waals surface area contributed by atoms with Gasteiger partial charge in [0, 0.05) is 30.6 Å². The Labute approximate surface area is 92.5 Å². The molecule has 0 radical (unpaired) electrons. The van der Waals surface area contributed by atoms with Crippen LogP contribution in [0.2, 0.25) is 0 Å². The van der Waals surface area contributed by atoms with Gasteiger partial charge in [-0.15, -0.1) is 0 Å². The van der Waals surface area contributed by atoms with Gasteiger partial charge >= 0.3 is 0 Å². The third kappa shape index (κ3) is 2.12. The number of azide groups is 1. The smallest absolute Gasteiger partial charge is 0.227 e. The van der Waals surface area contributed by atoms with Crippen molar-refractivity contribution in [2.45, 2.75) is 6.42 Å². The Morgan fingerprint density at radius 1 is 1.69 bits per heavy atom. The first kappa shape index (κ1) is 10.4. The van der Waals surface area contributed by atoms with Gasteiger partial charge in [-0.05, 0) is 23.6 Å². The van der Waals surface area contributed by atoms with Crippen LogP contribution in [0.15, 0.2) is 29.6 Å². The van der Waals surface area contributed by atoms with Crippen LogP contribution in [-0.4, -0.2) is 24.0 Å². The Morgan fingerprint density at radius 3 is 3.25 bits per heavy atom. The van der Waals surface area contributed by atoms with E-state index >= 15 is 0 Å². The standard InChI is InChI=1S/C10H11N5O/c11-14-13-5-8-4-10(16)15(7-8)9-2-1-3-12-6-9/h1-3,6,8H,4-5,7H2. The minimum Gasteiger partial charge on any atom is -0.311 e. The molecule has 0 N–H and O–H groups in total. The SMILES string of the molecule is [N-]=[N+]=NCC1CC(=O)N(c2cccnc2)C1. The van der Waals surface area contributed by atoms with E-state index in [-0.39, 0.29) is 11.8 Å². The molecular weight excluding hydrogens is 206 g/mol. The number of carbonyl (C=O) groups excluding carboxylic acids is 1. The Kier molecular flexibility index (Phi) is 3.03. The van der Waals surface area contributed by atoms with Gasteiger partial charge in [0.25, 0.3) is 0 Å². The maximum Gasteiger partial charge on any atom is 0.227 e. The molecule has 0 bridgehead atoms. The van der Waals surface area contributed by atoms with Crippen LogP contribution in [0.4, 0.5) is 5.69 Å². The van der Waals surface area contributed by atoms with Crippen LogP contribution in [-0.2, 0) is 4.79 Å². The van der Waals surface area contributed by atoms with Crippen molar-refractivity contribution in [1.82, 2.24) is 4.98 Å². The average molecular weight is 217 g/mol. The first-order chi connectivity index (χ1) is 7.81. The molecule has 1 aliphatic heterocycles. The van der Waals surface area contributed by atoms with Gasteiger partial charge < -0.3 is 4.90 Å². The van der Waals surface area contributed by atoms with Crippen molar-refractivity contribution in [3.63, 3.8) is 0 Å². The van der Waals surface area contributed by atoms with Gasteiger partial charge in [-0.25, -0.2) is 0 Å². The fourth-order valence-corrected chi connectivity index (χ4v) is 1.82. The lowest BCUT2D eigenvalue weighted by Gasteiger charge is -2.15. The molecule has 1 fully saturated rings. The molecule has 1 amide bonds. The molecule has 2 heterocycles. The van der Waals surface area contributed by atoms with Crippen LogP contribution < -0.4 is 4.90 Å². The summed E-state index contributed by atoms with van der Waals surface area (Å²) in [5.41, 5.74) is 9.03. The molecular formula is C10H11N5O. The molecule has 1 aliphatic rings. The predicted molar refractivity (Wildman–Crippen MR) is 58.7 cm³/mol. The second-order valence-corrected chi connectivity index (χ2v) is 3.70. The number of hydrogen-bond donors (Lipinski definition) is 0. The van der Waals surface area contributed by atoms with Gasteiger partial charge in [-0.3, -0.25) is 9.78 Å². The number of aromatic nitrogens is 1. The number of hydrogen-bond acceptors (Lipinski definition) is 3. The molecule has 0 saturated carbocycles. The topological polar surface area (TPSA) is 82.0 Å². The summed E-state index contributed by atoms with van der Waals surface area (Å²) in [6.45, 7) is 0.975. The van der Waals surface area contributed by atoms with Crippen LogP contribution in [0.5, 0.6) is 0 Å². The van der Waals surface area contributed by atoms with Crippen LogP contribution in [0.25, 0.3) is 10.4 Å². The summed E-state index contributed by atoms with van der Waals surface area (Å²) in [5, 5.41) is 3.50. The van der Waals surface area contributed by atoms with Crippen LogP contribution in [0, 0.1) is 5.92 Å². The van der Waals surface area contributed by atoms with E-state index in [2.05, 4.69) is 15.0 Å². The Hall–Kier alpha value is -2.07. The molecule has 82 valence electrons. The first-order valence-electron chi connectivity index (χ1n) is 5.02. The zero-order chi connectivity index (χ0) is 11.4. The molecule has 1 unspecified atom stereocenters. The summed E-state index contributed by atoms with van der Waals surface area (Å²) in [4.78, 5) is 20.1. The van der Waals surface area contributed by atoms with Gasteiger partial charge in [0.1, 0.15) is 0 Å². The highest BCUT2D eigenvalue weighted by Gasteiger charge is 2.29. The third-order valence-electron chi connectivity index (χ3n) is 2.57. The molecule has 1 aromatic rings. The number of amides is 1. The predicted octanol–water partition coefficient (Wildman–Crippen LogP) is 1.74. The van der Waals surface area contributed by atoms with E-state index in [0.717, 1.165) is 5.69 Å². The highest BCUT2D eigenvalue weighted by Crippen LogP contribution is 2.24. The van der Waals surface area contributed by atoms with Crippen molar-refractivity contribution < 1.29 is 4.79 Å².